The molecule has 0 fully saturated rings. The van der Waals surface area contributed by atoms with E-state index in [2.05, 4.69) is 0 Å². The molecule has 0 saturated heterocycles. The summed E-state index contributed by atoms with van der Waals surface area (Å²) in [6, 6.07) is 8.13. The van der Waals surface area contributed by atoms with Crippen LogP contribution in [0.25, 0.3) is 0 Å². The summed E-state index contributed by atoms with van der Waals surface area (Å²) in [7, 11) is 0. The molecule has 5 nitrogen and oxygen atoms in total. The fourth-order valence-electron chi connectivity index (χ4n) is 1.34. The minimum absolute atomic E-state index is 0.102. The van der Waals surface area contributed by atoms with E-state index in [0.717, 1.165) is 0 Å². The quantitative estimate of drug-likeness (QED) is 0.598. The molecule has 0 spiro atoms. The number of rotatable bonds is 5. The largest absolute Gasteiger partial charge is 0.463 e. The molecule has 0 bridgehead atoms. The summed E-state index contributed by atoms with van der Waals surface area (Å²) in [5.41, 5.74) is -1.65. The highest BCUT2D eigenvalue weighted by Gasteiger charge is 2.44. The number of benzene rings is 1. The van der Waals surface area contributed by atoms with Gasteiger partial charge in [-0.3, -0.25) is 4.79 Å². The highest BCUT2D eigenvalue weighted by Crippen LogP contribution is 2.17. The van der Waals surface area contributed by atoms with Crippen LogP contribution in [0.15, 0.2) is 30.3 Å². The van der Waals surface area contributed by atoms with Crippen LogP contribution < -0.4 is 0 Å². The molecule has 102 valence electrons. The van der Waals surface area contributed by atoms with Gasteiger partial charge in [-0.2, -0.15) is 0 Å². The second-order valence-electron chi connectivity index (χ2n) is 4.07. The van der Waals surface area contributed by atoms with Crippen LogP contribution in [-0.2, 0) is 19.1 Å². The average molecular weight is 264 g/mol. The summed E-state index contributed by atoms with van der Waals surface area (Å²) >= 11 is 0. The maximum Gasteiger partial charge on any atom is 0.358 e. The van der Waals surface area contributed by atoms with Crippen LogP contribution >= 0.6 is 0 Å². The van der Waals surface area contributed by atoms with E-state index >= 15 is 0 Å². The molecule has 19 heavy (non-hydrogen) atoms. The molecule has 1 atom stereocenters. The van der Waals surface area contributed by atoms with E-state index in [9.17, 15) is 14.4 Å². The first-order valence-corrected chi connectivity index (χ1v) is 5.88. The van der Waals surface area contributed by atoms with Crippen molar-refractivity contribution in [1.29, 1.82) is 0 Å². The van der Waals surface area contributed by atoms with Crippen molar-refractivity contribution in [2.24, 2.45) is 0 Å². The minimum atomic E-state index is -1.91. The van der Waals surface area contributed by atoms with Gasteiger partial charge in [0.25, 0.3) is 5.60 Å². The van der Waals surface area contributed by atoms with Gasteiger partial charge in [-0.1, -0.05) is 18.2 Å². The topological polar surface area (TPSA) is 69.7 Å². The van der Waals surface area contributed by atoms with Crippen molar-refractivity contribution in [3.05, 3.63) is 35.9 Å². The van der Waals surface area contributed by atoms with E-state index in [1.165, 1.54) is 26.0 Å². The Hall–Kier alpha value is -2.17. The Morgan fingerprint density at radius 2 is 1.74 bits per heavy atom. The lowest BCUT2D eigenvalue weighted by molar-refractivity contribution is -0.168. The Labute approximate surface area is 111 Å². The van der Waals surface area contributed by atoms with Crippen LogP contribution in [0.4, 0.5) is 0 Å². The van der Waals surface area contributed by atoms with Gasteiger partial charge in [-0.05, 0) is 32.9 Å². The van der Waals surface area contributed by atoms with Crippen molar-refractivity contribution in [1.82, 2.24) is 0 Å². The van der Waals surface area contributed by atoms with E-state index in [0.29, 0.717) is 0 Å². The number of hydrogen-bond acceptors (Lipinski definition) is 5. The fraction of sp³-hybridized carbons (Fsp3) is 0.357. The average Bonchev–Trinajstić information content (AvgIpc) is 2.39. The Kier molecular flexibility index (Phi) is 4.80. The maximum atomic E-state index is 11.9. The lowest BCUT2D eigenvalue weighted by atomic mass is 10.0. The first-order valence-electron chi connectivity index (χ1n) is 5.88. The molecule has 0 aliphatic heterocycles. The Morgan fingerprint density at radius 3 is 2.21 bits per heavy atom. The summed E-state index contributed by atoms with van der Waals surface area (Å²) in [5, 5.41) is 0. The predicted octanol–water partition coefficient (Wildman–Crippen LogP) is 1.75. The SMILES string of the molecule is CCOC(=O)C(C)(OC(=O)c1ccccc1)C(C)=O. The zero-order valence-electron chi connectivity index (χ0n) is 11.1. The molecule has 1 unspecified atom stereocenters. The number of ketones is 1. The minimum Gasteiger partial charge on any atom is -0.463 e. The van der Waals surface area contributed by atoms with Crippen molar-refractivity contribution >= 4 is 17.7 Å². The van der Waals surface area contributed by atoms with Crippen LogP contribution in [0.2, 0.25) is 0 Å². The monoisotopic (exact) mass is 264 g/mol. The van der Waals surface area contributed by atoms with Gasteiger partial charge in [-0.15, -0.1) is 0 Å². The van der Waals surface area contributed by atoms with Gasteiger partial charge in [-0.25, -0.2) is 9.59 Å². The molecule has 0 N–H and O–H groups in total. The zero-order valence-corrected chi connectivity index (χ0v) is 11.1. The lowest BCUT2D eigenvalue weighted by Gasteiger charge is -2.24. The van der Waals surface area contributed by atoms with E-state index in [-0.39, 0.29) is 12.2 Å². The van der Waals surface area contributed by atoms with Crippen LogP contribution in [0, 0.1) is 0 Å². The molecule has 1 aromatic carbocycles. The van der Waals surface area contributed by atoms with E-state index in [4.69, 9.17) is 9.47 Å². The van der Waals surface area contributed by atoms with E-state index in [1.807, 2.05) is 0 Å². The number of carbonyl (C=O) groups excluding carboxylic acids is 3. The number of Topliss-reactive ketones (excluding diaryl/α,β-unsaturated/α-hetero) is 1. The van der Waals surface area contributed by atoms with Crippen molar-refractivity contribution in [2.45, 2.75) is 26.4 Å². The number of ether oxygens (including phenoxy) is 2. The Morgan fingerprint density at radius 1 is 1.16 bits per heavy atom. The number of carbonyl (C=O) groups is 3. The van der Waals surface area contributed by atoms with Crippen LogP contribution in [0.5, 0.6) is 0 Å². The molecular formula is C14H16O5. The maximum absolute atomic E-state index is 11.9. The van der Waals surface area contributed by atoms with E-state index in [1.54, 1.807) is 25.1 Å². The molecule has 0 heterocycles. The van der Waals surface area contributed by atoms with Crippen LogP contribution in [-0.4, -0.2) is 29.9 Å². The first-order chi connectivity index (χ1) is 8.91. The van der Waals surface area contributed by atoms with Gasteiger partial charge in [0.1, 0.15) is 0 Å². The van der Waals surface area contributed by atoms with Gasteiger partial charge in [0, 0.05) is 0 Å². The normalized spacial score (nSPS) is 13.2. The third kappa shape index (κ3) is 3.40. The highest BCUT2D eigenvalue weighted by molar-refractivity contribution is 6.08. The molecule has 0 aromatic heterocycles. The molecule has 0 aliphatic carbocycles. The molecule has 1 aromatic rings. The van der Waals surface area contributed by atoms with Crippen LogP contribution in [0.3, 0.4) is 0 Å². The molecule has 1 rings (SSSR count). The standard InChI is InChI=1S/C14H16O5/c1-4-18-13(17)14(3,10(2)15)19-12(16)11-8-6-5-7-9-11/h5-9H,4H2,1-3H3. The summed E-state index contributed by atoms with van der Waals surface area (Å²) in [4.78, 5) is 35.2. The van der Waals surface area contributed by atoms with Gasteiger partial charge in [0.2, 0.25) is 0 Å². The number of hydrogen-bond donors (Lipinski definition) is 0. The molecule has 5 heteroatoms. The third-order valence-electron chi connectivity index (χ3n) is 2.64. The second-order valence-corrected chi connectivity index (χ2v) is 4.07. The van der Waals surface area contributed by atoms with Gasteiger partial charge < -0.3 is 9.47 Å². The van der Waals surface area contributed by atoms with Gasteiger partial charge >= 0.3 is 11.9 Å². The van der Waals surface area contributed by atoms with E-state index < -0.39 is 23.3 Å². The highest BCUT2D eigenvalue weighted by atomic mass is 16.6. The third-order valence-corrected chi connectivity index (χ3v) is 2.64. The molecule has 0 amide bonds. The van der Waals surface area contributed by atoms with Crippen molar-refractivity contribution < 1.29 is 23.9 Å². The van der Waals surface area contributed by atoms with Crippen molar-refractivity contribution in [3.8, 4) is 0 Å². The predicted molar refractivity (Wildman–Crippen MR) is 67.6 cm³/mol. The second kappa shape index (κ2) is 6.13. The van der Waals surface area contributed by atoms with Gasteiger partial charge in [0.05, 0.1) is 12.2 Å². The summed E-state index contributed by atoms with van der Waals surface area (Å²) in [5.74, 6) is -2.20. The lowest BCUT2D eigenvalue weighted by Crippen LogP contribution is -2.47. The van der Waals surface area contributed by atoms with Crippen molar-refractivity contribution in [2.75, 3.05) is 6.61 Å². The number of esters is 2. The Balaban J connectivity index is 2.94. The fourth-order valence-corrected chi connectivity index (χ4v) is 1.34. The Bertz CT molecular complexity index is 480. The van der Waals surface area contributed by atoms with Crippen LogP contribution in [0.1, 0.15) is 31.1 Å². The zero-order chi connectivity index (χ0) is 14.5. The van der Waals surface area contributed by atoms with Gasteiger partial charge in [0.15, 0.2) is 5.78 Å². The molecule has 0 radical (unpaired) electrons. The van der Waals surface area contributed by atoms with Crippen molar-refractivity contribution in [3.63, 3.8) is 0 Å². The summed E-state index contributed by atoms with van der Waals surface area (Å²) in [6.45, 7) is 4.12. The molecular weight excluding hydrogens is 248 g/mol. The first kappa shape index (κ1) is 14.9. The summed E-state index contributed by atoms with van der Waals surface area (Å²) in [6.07, 6.45) is 0. The summed E-state index contributed by atoms with van der Waals surface area (Å²) < 4.78 is 9.80. The molecule has 0 saturated carbocycles. The molecule has 0 aliphatic rings. The smallest absolute Gasteiger partial charge is 0.358 e.